The van der Waals surface area contributed by atoms with Crippen LogP contribution in [0, 0.1) is 0 Å². The molecule has 5 heteroatoms. The quantitative estimate of drug-likeness (QED) is 0.767. The molecule has 0 aromatic carbocycles. The van der Waals surface area contributed by atoms with E-state index in [1.165, 1.54) is 0 Å². The Kier molecular flexibility index (Phi) is 3.95. The van der Waals surface area contributed by atoms with E-state index >= 15 is 0 Å². The molecule has 0 aliphatic heterocycles. The molecule has 0 aliphatic carbocycles. The zero-order valence-corrected chi connectivity index (χ0v) is 9.08. The van der Waals surface area contributed by atoms with Gasteiger partial charge < -0.3 is 9.88 Å². The molecule has 0 bridgehead atoms. The fourth-order valence-electron chi connectivity index (χ4n) is 1.01. The highest BCUT2D eigenvalue weighted by atomic mass is 35.5. The molecule has 1 unspecified atom stereocenters. The van der Waals surface area contributed by atoms with Gasteiger partial charge in [0.2, 0.25) is 0 Å². The predicted molar refractivity (Wildman–Crippen MR) is 55.5 cm³/mol. The van der Waals surface area contributed by atoms with Crippen LogP contribution in [0.2, 0.25) is 0 Å². The molecule has 0 fully saturated rings. The SMILES string of the molecule is CC(Cl)CCNC(=O)c1cn(C)cn1. The minimum atomic E-state index is -0.150. The van der Waals surface area contributed by atoms with E-state index in [1.54, 1.807) is 17.1 Å². The molecule has 1 aromatic heterocycles. The highest BCUT2D eigenvalue weighted by Crippen LogP contribution is 1.98. The topological polar surface area (TPSA) is 46.9 Å². The van der Waals surface area contributed by atoms with Crippen molar-refractivity contribution in [3.63, 3.8) is 0 Å². The Morgan fingerprint density at radius 1 is 1.79 bits per heavy atom. The van der Waals surface area contributed by atoms with Gasteiger partial charge in [0, 0.05) is 25.2 Å². The number of aromatic nitrogens is 2. The van der Waals surface area contributed by atoms with Crippen molar-refractivity contribution in [1.82, 2.24) is 14.9 Å². The minimum absolute atomic E-state index is 0.0824. The highest BCUT2D eigenvalue weighted by molar-refractivity contribution is 6.20. The maximum absolute atomic E-state index is 11.4. The summed E-state index contributed by atoms with van der Waals surface area (Å²) in [5.74, 6) is -0.150. The zero-order chi connectivity index (χ0) is 10.6. The van der Waals surface area contributed by atoms with E-state index in [2.05, 4.69) is 10.3 Å². The lowest BCUT2D eigenvalue weighted by Gasteiger charge is -2.03. The van der Waals surface area contributed by atoms with Gasteiger partial charge in [-0.25, -0.2) is 4.98 Å². The standard InChI is InChI=1S/C9H14ClN3O/c1-7(10)3-4-11-9(14)8-5-13(2)6-12-8/h5-7H,3-4H2,1-2H3,(H,11,14). The van der Waals surface area contributed by atoms with Crippen molar-refractivity contribution >= 4 is 17.5 Å². The Labute approximate surface area is 88.3 Å². The lowest BCUT2D eigenvalue weighted by atomic mass is 10.3. The van der Waals surface area contributed by atoms with Gasteiger partial charge >= 0.3 is 0 Å². The summed E-state index contributed by atoms with van der Waals surface area (Å²) in [4.78, 5) is 15.3. The van der Waals surface area contributed by atoms with Crippen LogP contribution in [0.4, 0.5) is 0 Å². The first-order valence-electron chi connectivity index (χ1n) is 4.50. The van der Waals surface area contributed by atoms with Gasteiger partial charge in [0.15, 0.2) is 0 Å². The van der Waals surface area contributed by atoms with Crippen LogP contribution in [0.25, 0.3) is 0 Å². The number of hydrogen-bond acceptors (Lipinski definition) is 2. The molecule has 0 aliphatic rings. The molecule has 0 saturated carbocycles. The third-order valence-electron chi connectivity index (χ3n) is 1.77. The number of rotatable bonds is 4. The van der Waals surface area contributed by atoms with Crippen LogP contribution in [0.15, 0.2) is 12.5 Å². The van der Waals surface area contributed by atoms with Gasteiger partial charge in [-0.3, -0.25) is 4.79 Å². The molecule has 14 heavy (non-hydrogen) atoms. The number of carbonyl (C=O) groups is 1. The molecule has 1 aromatic rings. The van der Waals surface area contributed by atoms with Gasteiger partial charge in [-0.2, -0.15) is 0 Å². The van der Waals surface area contributed by atoms with Crippen molar-refractivity contribution in [1.29, 1.82) is 0 Å². The third kappa shape index (κ3) is 3.38. The van der Waals surface area contributed by atoms with Crippen LogP contribution in [-0.2, 0) is 7.05 Å². The first-order chi connectivity index (χ1) is 6.59. The molecule has 4 nitrogen and oxygen atoms in total. The van der Waals surface area contributed by atoms with Gasteiger partial charge in [-0.05, 0) is 13.3 Å². The molecule has 0 saturated heterocycles. The van der Waals surface area contributed by atoms with E-state index in [0.717, 1.165) is 6.42 Å². The van der Waals surface area contributed by atoms with Crippen molar-refractivity contribution in [2.24, 2.45) is 7.05 Å². The van der Waals surface area contributed by atoms with Crippen molar-refractivity contribution in [3.05, 3.63) is 18.2 Å². The number of alkyl halides is 1. The van der Waals surface area contributed by atoms with E-state index in [0.29, 0.717) is 12.2 Å². The fourth-order valence-corrected chi connectivity index (χ4v) is 1.11. The second-order valence-corrected chi connectivity index (χ2v) is 3.99. The number of carbonyl (C=O) groups excluding carboxylic acids is 1. The number of halogens is 1. The van der Waals surface area contributed by atoms with E-state index in [4.69, 9.17) is 11.6 Å². The number of amides is 1. The van der Waals surface area contributed by atoms with E-state index < -0.39 is 0 Å². The summed E-state index contributed by atoms with van der Waals surface area (Å²) in [5, 5.41) is 2.83. The zero-order valence-electron chi connectivity index (χ0n) is 8.33. The molecule has 1 rings (SSSR count). The second-order valence-electron chi connectivity index (χ2n) is 3.25. The molecular formula is C9H14ClN3O. The minimum Gasteiger partial charge on any atom is -0.351 e. The Balaban J connectivity index is 2.36. The fraction of sp³-hybridized carbons (Fsp3) is 0.556. The van der Waals surface area contributed by atoms with Crippen molar-refractivity contribution < 1.29 is 4.79 Å². The Morgan fingerprint density at radius 2 is 2.50 bits per heavy atom. The van der Waals surface area contributed by atoms with Crippen molar-refractivity contribution in [2.75, 3.05) is 6.54 Å². The second kappa shape index (κ2) is 5.00. The maximum Gasteiger partial charge on any atom is 0.271 e. The number of imidazole rings is 1. The summed E-state index contributed by atoms with van der Waals surface area (Å²) < 4.78 is 1.74. The van der Waals surface area contributed by atoms with Gasteiger partial charge in [0.05, 0.1) is 6.33 Å². The van der Waals surface area contributed by atoms with E-state index in [-0.39, 0.29) is 11.3 Å². The average molecular weight is 216 g/mol. The molecule has 1 heterocycles. The number of nitrogens with one attached hydrogen (secondary N) is 1. The van der Waals surface area contributed by atoms with Crippen molar-refractivity contribution in [3.8, 4) is 0 Å². The molecular weight excluding hydrogens is 202 g/mol. The van der Waals surface area contributed by atoms with Crippen LogP contribution >= 0.6 is 11.6 Å². The maximum atomic E-state index is 11.4. The van der Waals surface area contributed by atoms with Gasteiger partial charge in [0.1, 0.15) is 5.69 Å². The molecule has 78 valence electrons. The Hall–Kier alpha value is -1.03. The lowest BCUT2D eigenvalue weighted by Crippen LogP contribution is -2.25. The molecule has 0 radical (unpaired) electrons. The van der Waals surface area contributed by atoms with Crippen LogP contribution < -0.4 is 5.32 Å². The van der Waals surface area contributed by atoms with Crippen LogP contribution in [0.3, 0.4) is 0 Å². The number of nitrogens with zero attached hydrogens (tertiary/aromatic N) is 2. The van der Waals surface area contributed by atoms with Gasteiger partial charge in [-0.1, -0.05) is 0 Å². The number of aryl methyl sites for hydroxylation is 1. The summed E-state index contributed by atoms with van der Waals surface area (Å²) in [7, 11) is 1.82. The Morgan fingerprint density at radius 3 is 3.00 bits per heavy atom. The summed E-state index contributed by atoms with van der Waals surface area (Å²) in [6.07, 6.45) is 4.04. The summed E-state index contributed by atoms with van der Waals surface area (Å²) in [6.45, 7) is 2.48. The average Bonchev–Trinajstić information content (AvgIpc) is 2.51. The molecule has 0 spiro atoms. The van der Waals surface area contributed by atoms with E-state index in [1.807, 2.05) is 14.0 Å². The van der Waals surface area contributed by atoms with Crippen LogP contribution in [-0.4, -0.2) is 27.4 Å². The van der Waals surface area contributed by atoms with Gasteiger partial charge in [0.25, 0.3) is 5.91 Å². The molecule has 1 amide bonds. The highest BCUT2D eigenvalue weighted by Gasteiger charge is 2.07. The smallest absolute Gasteiger partial charge is 0.271 e. The molecule has 1 atom stereocenters. The largest absolute Gasteiger partial charge is 0.351 e. The number of hydrogen-bond donors (Lipinski definition) is 1. The van der Waals surface area contributed by atoms with Gasteiger partial charge in [-0.15, -0.1) is 11.6 Å². The summed E-state index contributed by atoms with van der Waals surface area (Å²) in [6, 6.07) is 0. The third-order valence-corrected chi connectivity index (χ3v) is 1.98. The first-order valence-corrected chi connectivity index (χ1v) is 4.93. The monoisotopic (exact) mass is 215 g/mol. The molecule has 1 N–H and O–H groups in total. The normalized spacial score (nSPS) is 12.5. The van der Waals surface area contributed by atoms with E-state index in [9.17, 15) is 4.79 Å². The summed E-state index contributed by atoms with van der Waals surface area (Å²) in [5.41, 5.74) is 0.440. The predicted octanol–water partition coefficient (Wildman–Crippen LogP) is 1.17. The van der Waals surface area contributed by atoms with Crippen LogP contribution in [0.5, 0.6) is 0 Å². The lowest BCUT2D eigenvalue weighted by molar-refractivity contribution is 0.0948. The van der Waals surface area contributed by atoms with Crippen molar-refractivity contribution in [2.45, 2.75) is 18.7 Å². The summed E-state index contributed by atoms with van der Waals surface area (Å²) >= 11 is 5.74. The first kappa shape index (κ1) is 11.0. The van der Waals surface area contributed by atoms with Crippen LogP contribution in [0.1, 0.15) is 23.8 Å². The Bertz CT molecular complexity index is 309.